The second-order valence-corrected chi connectivity index (χ2v) is 6.27. The minimum Gasteiger partial charge on any atom is -0.454 e. The number of ether oxygens (including phenoxy) is 2. The van der Waals surface area contributed by atoms with Gasteiger partial charge in [0.15, 0.2) is 11.5 Å². The van der Waals surface area contributed by atoms with E-state index in [0.717, 1.165) is 41.8 Å². The van der Waals surface area contributed by atoms with Crippen LogP contribution in [0, 0.1) is 0 Å². The molecule has 6 nitrogen and oxygen atoms in total. The van der Waals surface area contributed by atoms with Crippen molar-refractivity contribution in [1.29, 1.82) is 0 Å². The zero-order valence-electron chi connectivity index (χ0n) is 14.1. The highest BCUT2D eigenvalue weighted by Gasteiger charge is 2.13. The van der Waals surface area contributed by atoms with Crippen molar-refractivity contribution < 1.29 is 9.47 Å². The van der Waals surface area contributed by atoms with E-state index < -0.39 is 0 Å². The number of anilines is 3. The molecule has 0 amide bonds. The molecule has 6 heteroatoms. The smallest absolute Gasteiger partial charge is 0.231 e. The molecule has 0 unspecified atom stereocenters. The molecule has 1 aliphatic carbocycles. The van der Waals surface area contributed by atoms with Gasteiger partial charge in [0.25, 0.3) is 0 Å². The quantitative estimate of drug-likeness (QED) is 0.768. The standard InChI is InChI=1S/C19H22N4O2/c1-2-4-14(5-3-1)8-9-20-18-11-19(22-12-21-18)23-15-6-7-16-17(10-15)25-13-24-16/h4,6-7,10-12H,1-3,5,8-9,13H2,(H2,20,21,22,23). The maximum absolute atomic E-state index is 5.40. The highest BCUT2D eigenvalue weighted by Crippen LogP contribution is 2.35. The first-order valence-corrected chi connectivity index (χ1v) is 8.77. The van der Waals surface area contributed by atoms with E-state index in [1.165, 1.54) is 25.7 Å². The van der Waals surface area contributed by atoms with Crippen LogP contribution in [0.2, 0.25) is 0 Å². The molecule has 0 saturated carbocycles. The number of benzene rings is 1. The van der Waals surface area contributed by atoms with E-state index in [1.54, 1.807) is 11.9 Å². The fourth-order valence-corrected chi connectivity index (χ4v) is 3.13. The third kappa shape index (κ3) is 4.02. The van der Waals surface area contributed by atoms with E-state index in [-0.39, 0.29) is 6.79 Å². The molecule has 0 atom stereocenters. The summed E-state index contributed by atoms with van der Waals surface area (Å²) < 4.78 is 10.7. The molecule has 0 fully saturated rings. The summed E-state index contributed by atoms with van der Waals surface area (Å²) >= 11 is 0. The maximum atomic E-state index is 5.40. The topological polar surface area (TPSA) is 68.3 Å². The molecule has 1 aliphatic heterocycles. The highest BCUT2D eigenvalue weighted by atomic mass is 16.7. The van der Waals surface area contributed by atoms with Gasteiger partial charge in [0.1, 0.15) is 18.0 Å². The molecule has 130 valence electrons. The number of nitrogens with zero attached hydrogens (tertiary/aromatic N) is 2. The Kier molecular flexibility index (Phi) is 4.68. The normalized spacial score (nSPS) is 15.6. The van der Waals surface area contributed by atoms with E-state index in [1.807, 2.05) is 24.3 Å². The van der Waals surface area contributed by atoms with Crippen molar-refractivity contribution in [3.63, 3.8) is 0 Å². The van der Waals surface area contributed by atoms with Crippen LogP contribution in [-0.4, -0.2) is 23.3 Å². The largest absolute Gasteiger partial charge is 0.454 e. The lowest BCUT2D eigenvalue weighted by molar-refractivity contribution is 0.174. The first kappa shape index (κ1) is 15.7. The van der Waals surface area contributed by atoms with E-state index in [0.29, 0.717) is 0 Å². The number of rotatable bonds is 6. The lowest BCUT2D eigenvalue weighted by Crippen LogP contribution is -2.06. The van der Waals surface area contributed by atoms with Crippen molar-refractivity contribution in [3.8, 4) is 11.5 Å². The van der Waals surface area contributed by atoms with Crippen LogP contribution < -0.4 is 20.1 Å². The molecular weight excluding hydrogens is 316 g/mol. The Morgan fingerprint density at radius 1 is 1.00 bits per heavy atom. The first-order chi connectivity index (χ1) is 12.4. The van der Waals surface area contributed by atoms with Crippen molar-refractivity contribution >= 4 is 17.3 Å². The van der Waals surface area contributed by atoms with Crippen LogP contribution in [0.4, 0.5) is 17.3 Å². The van der Waals surface area contributed by atoms with Gasteiger partial charge in [-0.15, -0.1) is 0 Å². The molecule has 1 aromatic heterocycles. The van der Waals surface area contributed by atoms with Crippen molar-refractivity contribution in [2.75, 3.05) is 24.0 Å². The summed E-state index contributed by atoms with van der Waals surface area (Å²) in [6.45, 7) is 1.17. The van der Waals surface area contributed by atoms with Gasteiger partial charge in [-0.1, -0.05) is 11.6 Å². The Morgan fingerprint density at radius 2 is 1.92 bits per heavy atom. The third-order valence-corrected chi connectivity index (χ3v) is 4.45. The van der Waals surface area contributed by atoms with E-state index >= 15 is 0 Å². The average molecular weight is 338 g/mol. The lowest BCUT2D eigenvalue weighted by atomic mass is 9.97. The Labute approximate surface area is 147 Å². The molecule has 2 N–H and O–H groups in total. The fourth-order valence-electron chi connectivity index (χ4n) is 3.13. The average Bonchev–Trinajstić information content (AvgIpc) is 3.11. The summed E-state index contributed by atoms with van der Waals surface area (Å²) in [5.41, 5.74) is 2.47. The molecule has 2 aromatic rings. The lowest BCUT2D eigenvalue weighted by Gasteiger charge is -2.13. The summed E-state index contributed by atoms with van der Waals surface area (Å²) in [5, 5.41) is 6.66. The summed E-state index contributed by atoms with van der Waals surface area (Å²) in [5.74, 6) is 3.09. The highest BCUT2D eigenvalue weighted by molar-refractivity contribution is 5.63. The molecule has 2 heterocycles. The molecular formula is C19H22N4O2. The van der Waals surface area contributed by atoms with Crippen LogP contribution in [0.25, 0.3) is 0 Å². The number of fused-ring (bicyclic) bond motifs is 1. The minimum atomic E-state index is 0.275. The SMILES string of the molecule is C1=C(CCNc2cc(Nc3ccc4c(c3)OCO4)ncn2)CCCC1. The summed E-state index contributed by atoms with van der Waals surface area (Å²) in [6, 6.07) is 7.66. The van der Waals surface area contributed by atoms with Gasteiger partial charge < -0.3 is 20.1 Å². The van der Waals surface area contributed by atoms with Crippen molar-refractivity contribution in [2.24, 2.45) is 0 Å². The van der Waals surface area contributed by atoms with Crippen LogP contribution in [0.1, 0.15) is 32.1 Å². The molecule has 0 saturated heterocycles. The third-order valence-electron chi connectivity index (χ3n) is 4.45. The fraction of sp³-hybridized carbons (Fsp3) is 0.368. The zero-order valence-corrected chi connectivity index (χ0v) is 14.1. The number of hydrogen-bond donors (Lipinski definition) is 2. The molecule has 2 aliphatic rings. The predicted molar refractivity (Wildman–Crippen MR) is 97.5 cm³/mol. The maximum Gasteiger partial charge on any atom is 0.231 e. The van der Waals surface area contributed by atoms with Gasteiger partial charge in [-0.2, -0.15) is 0 Å². The summed E-state index contributed by atoms with van der Waals surface area (Å²) in [6.07, 6.45) is 10.2. The Balaban J connectivity index is 1.35. The second-order valence-electron chi connectivity index (χ2n) is 6.27. The predicted octanol–water partition coefficient (Wildman–Crippen LogP) is 4.25. The van der Waals surface area contributed by atoms with Gasteiger partial charge in [-0.05, 0) is 44.2 Å². The van der Waals surface area contributed by atoms with Crippen molar-refractivity contribution in [3.05, 3.63) is 42.2 Å². The van der Waals surface area contributed by atoms with Crippen LogP contribution in [0.3, 0.4) is 0 Å². The van der Waals surface area contributed by atoms with Crippen molar-refractivity contribution in [2.45, 2.75) is 32.1 Å². The van der Waals surface area contributed by atoms with E-state index in [4.69, 9.17) is 9.47 Å². The molecule has 0 spiro atoms. The Hall–Kier alpha value is -2.76. The van der Waals surface area contributed by atoms with Gasteiger partial charge in [-0.25, -0.2) is 9.97 Å². The number of nitrogens with one attached hydrogen (secondary N) is 2. The van der Waals surface area contributed by atoms with Crippen LogP contribution in [-0.2, 0) is 0 Å². The van der Waals surface area contributed by atoms with Gasteiger partial charge in [0.05, 0.1) is 0 Å². The molecule has 1 aromatic carbocycles. The summed E-state index contributed by atoms with van der Waals surface area (Å²) in [4.78, 5) is 8.58. The first-order valence-electron chi connectivity index (χ1n) is 8.77. The molecule has 0 radical (unpaired) electrons. The Bertz CT molecular complexity index is 776. The monoisotopic (exact) mass is 338 g/mol. The molecule has 4 rings (SSSR count). The van der Waals surface area contributed by atoms with Gasteiger partial charge in [-0.3, -0.25) is 0 Å². The van der Waals surface area contributed by atoms with Gasteiger partial charge >= 0.3 is 0 Å². The van der Waals surface area contributed by atoms with Crippen LogP contribution in [0.15, 0.2) is 42.2 Å². The van der Waals surface area contributed by atoms with Crippen molar-refractivity contribution in [1.82, 2.24) is 9.97 Å². The molecule has 25 heavy (non-hydrogen) atoms. The Morgan fingerprint density at radius 3 is 2.84 bits per heavy atom. The van der Waals surface area contributed by atoms with E-state index in [9.17, 15) is 0 Å². The minimum absolute atomic E-state index is 0.275. The second kappa shape index (κ2) is 7.42. The van der Waals surface area contributed by atoms with Gasteiger partial charge in [0.2, 0.25) is 6.79 Å². The summed E-state index contributed by atoms with van der Waals surface area (Å²) in [7, 11) is 0. The molecule has 0 bridgehead atoms. The van der Waals surface area contributed by atoms with Gasteiger partial charge in [0, 0.05) is 24.4 Å². The zero-order chi connectivity index (χ0) is 16.9. The van der Waals surface area contributed by atoms with Crippen LogP contribution >= 0.6 is 0 Å². The number of aromatic nitrogens is 2. The number of allylic oxidation sites excluding steroid dienone is 1. The van der Waals surface area contributed by atoms with Crippen LogP contribution in [0.5, 0.6) is 11.5 Å². The number of hydrogen-bond acceptors (Lipinski definition) is 6. The van der Waals surface area contributed by atoms with E-state index in [2.05, 4.69) is 26.7 Å².